The van der Waals surface area contributed by atoms with Gasteiger partial charge in [0.05, 0.1) is 40.1 Å². The molecule has 2 N–H and O–H groups in total. The monoisotopic (exact) mass is 974 g/mol. The standard InChI is InChI=1S/C45H42ClF3N10O6S2/c1-56-21-38(53-25-56)66(62,63)58-17-31-32(18-58)43(31,36-14-5-6-16-50-36)23-52-42(61)29-11-7-10-28(40(29)46)35-13-8-15-37(55-35)44(24-51-41(60)27-9-3-4-12-30(27)45(47,48)49)33-19-59(20-34(33)44)67(64,65)39-22-57(2)26-54-39/h3-16,21-22,25-26,31-34H,17-20,23-24H2,1-2H3,(H,51,60)(H,52,61). The molecule has 4 aliphatic rings. The number of alkyl halides is 3. The average molecular weight is 975 g/mol. The van der Waals surface area contributed by atoms with Gasteiger partial charge in [0, 0.05) is 99.7 Å². The van der Waals surface area contributed by atoms with Crippen molar-refractivity contribution in [3.63, 3.8) is 0 Å². The second-order valence-electron chi connectivity index (χ2n) is 17.6. The lowest BCUT2D eigenvalue weighted by atomic mass is 9.93. The van der Waals surface area contributed by atoms with E-state index in [1.54, 1.807) is 67.3 Å². The van der Waals surface area contributed by atoms with Crippen molar-refractivity contribution in [2.75, 3.05) is 39.3 Å². The van der Waals surface area contributed by atoms with Crippen molar-refractivity contribution >= 4 is 43.5 Å². The number of sulfonamides is 2. The van der Waals surface area contributed by atoms with E-state index >= 15 is 0 Å². The highest BCUT2D eigenvalue weighted by molar-refractivity contribution is 7.89. The van der Waals surface area contributed by atoms with Gasteiger partial charge < -0.3 is 19.8 Å². The van der Waals surface area contributed by atoms with Crippen molar-refractivity contribution in [1.82, 2.24) is 48.3 Å². The van der Waals surface area contributed by atoms with Gasteiger partial charge >= 0.3 is 6.18 Å². The highest BCUT2D eigenvalue weighted by atomic mass is 35.5. The Morgan fingerprint density at radius 1 is 0.672 bits per heavy atom. The second-order valence-corrected chi connectivity index (χ2v) is 21.8. The predicted molar refractivity (Wildman–Crippen MR) is 236 cm³/mol. The van der Waals surface area contributed by atoms with Crippen LogP contribution >= 0.6 is 11.6 Å². The van der Waals surface area contributed by atoms with Crippen LogP contribution in [0, 0.1) is 23.7 Å². The molecule has 2 amide bonds. The SMILES string of the molecule is Cn1cnc(S(=O)(=O)N2CC3C(C2)C3(CNC(=O)c2cccc(-c3cccc(C4(CNC(=O)c5ccccc5C(F)(F)F)C5CN(S(=O)(=O)c6cn(C)cn6)CC54)n3)c2Cl)c2ccccn2)c1. The first kappa shape index (κ1) is 44.8. The minimum absolute atomic E-state index is 0.0331. The number of piperidine rings is 2. The smallest absolute Gasteiger partial charge is 0.351 e. The lowest BCUT2D eigenvalue weighted by Crippen LogP contribution is -2.41. The summed E-state index contributed by atoms with van der Waals surface area (Å²) in [4.78, 5) is 45.3. The number of nitrogens with one attached hydrogen (secondary N) is 2. The molecule has 0 radical (unpaired) electrons. The molecule has 4 fully saturated rings. The molecular weight excluding hydrogens is 933 g/mol. The summed E-state index contributed by atoms with van der Waals surface area (Å²) >= 11 is 7.05. The van der Waals surface area contributed by atoms with Crippen LogP contribution in [0.15, 0.2) is 120 Å². The van der Waals surface area contributed by atoms with Crippen molar-refractivity contribution in [3.05, 3.63) is 143 Å². The number of nitrogens with zero attached hydrogens (tertiary/aromatic N) is 8. The molecule has 2 aromatic carbocycles. The maximum absolute atomic E-state index is 14.1. The van der Waals surface area contributed by atoms with Gasteiger partial charge in [0.1, 0.15) is 0 Å². The van der Waals surface area contributed by atoms with Gasteiger partial charge in [0.15, 0.2) is 10.1 Å². The summed E-state index contributed by atoms with van der Waals surface area (Å²) in [6.45, 7) is 0.535. The zero-order valence-electron chi connectivity index (χ0n) is 35.8. The van der Waals surface area contributed by atoms with Crippen LogP contribution in [0.5, 0.6) is 0 Å². The quantitative estimate of drug-likeness (QED) is 0.166. The number of pyridine rings is 2. The third-order valence-electron chi connectivity index (χ3n) is 14.0. The predicted octanol–water partition coefficient (Wildman–Crippen LogP) is 4.52. The molecule has 4 aromatic heterocycles. The summed E-state index contributed by atoms with van der Waals surface area (Å²) in [6.07, 6.45) is 2.56. The average Bonchev–Trinajstić information content (AvgIpc) is 3.76. The number of amides is 2. The maximum Gasteiger partial charge on any atom is 0.417 e. The molecule has 2 aliphatic heterocycles. The van der Waals surface area contributed by atoms with Crippen molar-refractivity contribution in [2.24, 2.45) is 37.8 Å². The van der Waals surface area contributed by atoms with Gasteiger partial charge in [0.25, 0.3) is 31.9 Å². The fourth-order valence-electron chi connectivity index (χ4n) is 10.5. The molecule has 22 heteroatoms. The molecule has 2 saturated heterocycles. The van der Waals surface area contributed by atoms with Gasteiger partial charge in [-0.05, 0) is 66.1 Å². The zero-order chi connectivity index (χ0) is 47.3. The van der Waals surface area contributed by atoms with Crippen molar-refractivity contribution in [3.8, 4) is 11.3 Å². The second kappa shape index (κ2) is 16.1. The Balaban J connectivity index is 0.906. The molecule has 348 valence electrons. The Morgan fingerprint density at radius 3 is 1.69 bits per heavy atom. The maximum atomic E-state index is 14.1. The molecule has 2 aliphatic carbocycles. The van der Waals surface area contributed by atoms with E-state index in [2.05, 4.69) is 25.6 Å². The minimum atomic E-state index is -4.78. The van der Waals surface area contributed by atoms with Crippen LogP contribution in [-0.2, 0) is 51.1 Å². The van der Waals surface area contributed by atoms with Crippen LogP contribution in [0.1, 0.15) is 37.7 Å². The van der Waals surface area contributed by atoms with Crippen LogP contribution in [0.4, 0.5) is 13.2 Å². The molecular formula is C45H42ClF3N10O6S2. The number of imidazole rings is 2. The van der Waals surface area contributed by atoms with Gasteiger partial charge in [0.2, 0.25) is 0 Å². The van der Waals surface area contributed by atoms with E-state index in [0.29, 0.717) is 17.0 Å². The normalized spacial score (nSPS) is 24.8. The van der Waals surface area contributed by atoms with Gasteiger partial charge in [-0.1, -0.05) is 48.0 Å². The number of hydrogen-bond donors (Lipinski definition) is 2. The van der Waals surface area contributed by atoms with Crippen LogP contribution in [0.2, 0.25) is 5.02 Å². The Labute approximate surface area is 388 Å². The number of benzene rings is 2. The van der Waals surface area contributed by atoms with Gasteiger partial charge in [-0.3, -0.25) is 19.6 Å². The molecule has 4 atom stereocenters. The summed E-state index contributed by atoms with van der Waals surface area (Å²) in [5, 5.41) is 5.71. The van der Waals surface area contributed by atoms with Crippen molar-refractivity contribution in [1.29, 1.82) is 0 Å². The van der Waals surface area contributed by atoms with Crippen molar-refractivity contribution < 1.29 is 39.6 Å². The van der Waals surface area contributed by atoms with Crippen LogP contribution in [0.3, 0.4) is 0 Å². The van der Waals surface area contributed by atoms with E-state index in [-0.39, 0.29) is 83.6 Å². The van der Waals surface area contributed by atoms with Gasteiger partial charge in [-0.2, -0.15) is 21.8 Å². The third-order valence-corrected chi connectivity index (χ3v) is 17.9. The molecule has 0 spiro atoms. The van der Waals surface area contributed by atoms with Crippen LogP contribution in [0.25, 0.3) is 11.3 Å². The first-order chi connectivity index (χ1) is 31.9. The number of hydrogen-bond acceptors (Lipinski definition) is 10. The third kappa shape index (κ3) is 7.41. The van der Waals surface area contributed by atoms with E-state index in [0.717, 1.165) is 17.8 Å². The molecule has 0 bridgehead atoms. The first-order valence-electron chi connectivity index (χ1n) is 21.2. The fraction of sp³-hybridized carbons (Fsp3) is 0.333. The topological polar surface area (TPSA) is 194 Å². The number of aryl methyl sites for hydroxylation is 2. The summed E-state index contributed by atoms with van der Waals surface area (Å²) in [5.74, 6) is -2.44. The molecule has 16 nitrogen and oxygen atoms in total. The highest BCUT2D eigenvalue weighted by Gasteiger charge is 2.72. The summed E-state index contributed by atoms with van der Waals surface area (Å²) < 4.78 is 102. The van der Waals surface area contributed by atoms with E-state index in [4.69, 9.17) is 16.6 Å². The Bertz CT molecular complexity index is 3160. The lowest BCUT2D eigenvalue weighted by Gasteiger charge is -2.27. The largest absolute Gasteiger partial charge is 0.417 e. The highest BCUT2D eigenvalue weighted by Crippen LogP contribution is 2.64. The van der Waals surface area contributed by atoms with E-state index < -0.39 is 60.0 Å². The molecule has 4 unspecified atom stereocenters. The number of carbonyl (C=O) groups is 2. The minimum Gasteiger partial charge on any atom is -0.351 e. The van der Waals surface area contributed by atoms with Crippen LogP contribution in [-0.4, -0.2) is 106 Å². The molecule has 6 heterocycles. The summed E-state index contributed by atoms with van der Waals surface area (Å²) in [5.41, 5.74) is -1.15. The van der Waals surface area contributed by atoms with E-state index in [1.165, 1.54) is 50.4 Å². The number of carbonyl (C=O) groups excluding carboxylic acids is 2. The molecule has 2 saturated carbocycles. The number of aromatic nitrogens is 6. The lowest BCUT2D eigenvalue weighted by molar-refractivity contribution is -0.137. The number of halogens is 4. The molecule has 67 heavy (non-hydrogen) atoms. The van der Waals surface area contributed by atoms with Gasteiger partial charge in [-0.15, -0.1) is 0 Å². The fourth-order valence-corrected chi connectivity index (χ4v) is 13.7. The Morgan fingerprint density at radius 2 is 1.16 bits per heavy atom. The first-order valence-corrected chi connectivity index (χ1v) is 24.5. The molecule has 6 aromatic rings. The number of fused-ring (bicyclic) bond motifs is 2. The van der Waals surface area contributed by atoms with Gasteiger partial charge in [-0.25, -0.2) is 26.8 Å². The number of rotatable bonds is 13. The summed E-state index contributed by atoms with van der Waals surface area (Å²) in [7, 11) is -4.47. The zero-order valence-corrected chi connectivity index (χ0v) is 38.2. The molecule has 10 rings (SSSR count). The Kier molecular flexibility index (Phi) is 10.7. The van der Waals surface area contributed by atoms with E-state index in [1.807, 2.05) is 12.1 Å². The van der Waals surface area contributed by atoms with E-state index in [9.17, 15) is 39.6 Å². The Hall–Kier alpha value is -6.00. The van der Waals surface area contributed by atoms with Crippen LogP contribution < -0.4 is 10.6 Å². The van der Waals surface area contributed by atoms with Crippen molar-refractivity contribution in [2.45, 2.75) is 27.1 Å². The summed E-state index contributed by atoms with van der Waals surface area (Å²) in [6, 6.07) is 20.1.